The van der Waals surface area contributed by atoms with Gasteiger partial charge in [0.2, 0.25) is 0 Å². The van der Waals surface area contributed by atoms with Crippen molar-refractivity contribution in [2.75, 3.05) is 0 Å². The lowest BCUT2D eigenvalue weighted by Gasteiger charge is -1.68. The van der Waals surface area contributed by atoms with Crippen LogP contribution in [0.2, 0.25) is 0 Å². The predicted octanol–water partition coefficient (Wildman–Crippen LogP) is 1.58. The molecule has 0 aromatic carbocycles. The van der Waals surface area contributed by atoms with Crippen LogP contribution in [-0.2, 0) is 9.59 Å². The average Bonchev–Trinajstić information content (AvgIpc) is 1.91. The Bertz CT molecular complexity index is 59.9. The molecule has 0 spiro atoms. The first-order chi connectivity index (χ1) is 4.33. The SMILES string of the molecule is CCC=O.CCCC=O. The van der Waals surface area contributed by atoms with Gasteiger partial charge < -0.3 is 9.59 Å². The quantitative estimate of drug-likeness (QED) is 0.543. The van der Waals surface area contributed by atoms with Gasteiger partial charge in [0.05, 0.1) is 0 Å². The molecule has 0 rings (SSSR count). The predicted molar refractivity (Wildman–Crippen MR) is 37.3 cm³/mol. The van der Waals surface area contributed by atoms with E-state index in [1.54, 1.807) is 0 Å². The second-order valence-corrected chi connectivity index (χ2v) is 1.53. The first-order valence-corrected chi connectivity index (χ1v) is 3.20. The fourth-order valence-corrected chi connectivity index (χ4v) is 0.118. The Kier molecular flexibility index (Phi) is 19.5. The lowest BCUT2D eigenvalue weighted by atomic mass is 10.4. The van der Waals surface area contributed by atoms with E-state index in [2.05, 4.69) is 0 Å². The Labute approximate surface area is 56.3 Å². The highest BCUT2D eigenvalue weighted by molar-refractivity contribution is 5.48. The molecule has 2 heteroatoms. The van der Waals surface area contributed by atoms with Crippen molar-refractivity contribution in [1.82, 2.24) is 0 Å². The fourth-order valence-electron chi connectivity index (χ4n) is 0.118. The molecule has 0 saturated carbocycles. The van der Waals surface area contributed by atoms with E-state index in [1.807, 2.05) is 13.8 Å². The van der Waals surface area contributed by atoms with Gasteiger partial charge in [-0.1, -0.05) is 13.8 Å². The summed E-state index contributed by atoms with van der Waals surface area (Å²) in [5.41, 5.74) is 0. The Balaban J connectivity index is 0. The van der Waals surface area contributed by atoms with Gasteiger partial charge in [0.1, 0.15) is 12.6 Å². The van der Waals surface area contributed by atoms with Crippen molar-refractivity contribution >= 4 is 12.6 Å². The average molecular weight is 130 g/mol. The molecule has 0 aromatic rings. The molecule has 9 heavy (non-hydrogen) atoms. The van der Waals surface area contributed by atoms with Gasteiger partial charge in [-0.05, 0) is 6.42 Å². The molecule has 2 nitrogen and oxygen atoms in total. The number of rotatable bonds is 3. The largest absolute Gasteiger partial charge is 0.303 e. The summed E-state index contributed by atoms with van der Waals surface area (Å²) in [5, 5.41) is 0. The maximum atomic E-state index is 9.40. The molecule has 0 fully saturated rings. The zero-order chi connectivity index (χ0) is 7.54. The van der Waals surface area contributed by atoms with E-state index >= 15 is 0 Å². The van der Waals surface area contributed by atoms with Crippen molar-refractivity contribution in [2.45, 2.75) is 33.1 Å². The Hall–Kier alpha value is -0.660. The van der Waals surface area contributed by atoms with E-state index < -0.39 is 0 Å². The van der Waals surface area contributed by atoms with Gasteiger partial charge >= 0.3 is 0 Å². The van der Waals surface area contributed by atoms with Crippen LogP contribution in [0.15, 0.2) is 0 Å². The van der Waals surface area contributed by atoms with E-state index in [-0.39, 0.29) is 0 Å². The van der Waals surface area contributed by atoms with E-state index in [1.165, 1.54) is 0 Å². The summed E-state index contributed by atoms with van der Waals surface area (Å²) >= 11 is 0. The fraction of sp³-hybridized carbons (Fsp3) is 0.714. The normalized spacial score (nSPS) is 6.89. The number of hydrogen-bond donors (Lipinski definition) is 0. The highest BCUT2D eigenvalue weighted by atomic mass is 16.1. The van der Waals surface area contributed by atoms with Gasteiger partial charge in [0.25, 0.3) is 0 Å². The van der Waals surface area contributed by atoms with Crippen LogP contribution in [0.3, 0.4) is 0 Å². The molecule has 0 bridgehead atoms. The van der Waals surface area contributed by atoms with Crippen LogP contribution >= 0.6 is 0 Å². The summed E-state index contributed by atoms with van der Waals surface area (Å²) in [7, 11) is 0. The lowest BCUT2D eigenvalue weighted by Crippen LogP contribution is -1.64. The minimum atomic E-state index is 0.639. The van der Waals surface area contributed by atoms with Crippen LogP contribution < -0.4 is 0 Å². The molecule has 0 radical (unpaired) electrons. The van der Waals surface area contributed by atoms with Crippen molar-refractivity contribution in [3.05, 3.63) is 0 Å². The van der Waals surface area contributed by atoms with Crippen molar-refractivity contribution in [1.29, 1.82) is 0 Å². The summed E-state index contributed by atoms with van der Waals surface area (Å²) in [5.74, 6) is 0. The lowest BCUT2D eigenvalue weighted by molar-refractivity contribution is -0.108. The van der Waals surface area contributed by atoms with Gasteiger partial charge in [-0.15, -0.1) is 0 Å². The van der Waals surface area contributed by atoms with Crippen LogP contribution in [0.25, 0.3) is 0 Å². The molecule has 0 unspecified atom stereocenters. The Morgan fingerprint density at radius 3 is 1.56 bits per heavy atom. The van der Waals surface area contributed by atoms with Crippen LogP contribution in [0.4, 0.5) is 0 Å². The highest BCUT2D eigenvalue weighted by Crippen LogP contribution is 1.74. The van der Waals surface area contributed by atoms with E-state index in [4.69, 9.17) is 0 Å². The molecule has 0 saturated heterocycles. The van der Waals surface area contributed by atoms with Gasteiger partial charge in [0.15, 0.2) is 0 Å². The summed E-state index contributed by atoms with van der Waals surface area (Å²) in [4.78, 5) is 18.6. The molecule has 0 amide bonds. The number of hydrogen-bond acceptors (Lipinski definition) is 2. The summed E-state index contributed by atoms with van der Waals surface area (Å²) in [6.45, 7) is 3.79. The molecular weight excluding hydrogens is 116 g/mol. The molecule has 0 atom stereocenters. The number of carbonyl (C=O) groups is 2. The molecule has 54 valence electrons. The Morgan fingerprint density at radius 1 is 1.11 bits per heavy atom. The maximum Gasteiger partial charge on any atom is 0.119 e. The molecule has 0 N–H and O–H groups in total. The van der Waals surface area contributed by atoms with Gasteiger partial charge in [-0.25, -0.2) is 0 Å². The monoisotopic (exact) mass is 130 g/mol. The molecule has 0 aromatic heterocycles. The molecular formula is C7H14O2. The van der Waals surface area contributed by atoms with Crippen LogP contribution in [0.1, 0.15) is 33.1 Å². The molecule has 0 aliphatic carbocycles. The third-order valence-electron chi connectivity index (χ3n) is 0.573. The van der Waals surface area contributed by atoms with Crippen molar-refractivity contribution in [3.63, 3.8) is 0 Å². The number of unbranched alkanes of at least 4 members (excludes halogenated alkanes) is 1. The topological polar surface area (TPSA) is 34.1 Å². The van der Waals surface area contributed by atoms with Crippen LogP contribution in [-0.4, -0.2) is 12.6 Å². The second-order valence-electron chi connectivity index (χ2n) is 1.53. The molecule has 0 aliphatic rings. The van der Waals surface area contributed by atoms with Gasteiger partial charge in [-0.3, -0.25) is 0 Å². The molecule has 0 aliphatic heterocycles. The number of carbonyl (C=O) groups excluding carboxylic acids is 2. The van der Waals surface area contributed by atoms with Crippen LogP contribution in [0, 0.1) is 0 Å². The minimum Gasteiger partial charge on any atom is -0.303 e. The van der Waals surface area contributed by atoms with E-state index in [0.29, 0.717) is 12.8 Å². The first kappa shape index (κ1) is 11.2. The van der Waals surface area contributed by atoms with E-state index in [0.717, 1.165) is 19.0 Å². The Morgan fingerprint density at radius 2 is 1.56 bits per heavy atom. The third-order valence-corrected chi connectivity index (χ3v) is 0.573. The second kappa shape index (κ2) is 15.7. The van der Waals surface area contributed by atoms with Crippen molar-refractivity contribution in [3.8, 4) is 0 Å². The third kappa shape index (κ3) is 38.2. The zero-order valence-electron chi connectivity index (χ0n) is 6.09. The molecule has 0 heterocycles. The minimum absolute atomic E-state index is 0.639. The zero-order valence-corrected chi connectivity index (χ0v) is 6.09. The van der Waals surface area contributed by atoms with Gasteiger partial charge in [-0.2, -0.15) is 0 Å². The van der Waals surface area contributed by atoms with Crippen molar-refractivity contribution < 1.29 is 9.59 Å². The standard InChI is InChI=1S/C4H8O.C3H6O/c1-2-3-4-5;1-2-3-4/h4H,2-3H2,1H3;3H,2H2,1H3. The smallest absolute Gasteiger partial charge is 0.119 e. The maximum absolute atomic E-state index is 9.40. The number of aldehydes is 2. The van der Waals surface area contributed by atoms with Gasteiger partial charge in [0, 0.05) is 12.8 Å². The van der Waals surface area contributed by atoms with E-state index in [9.17, 15) is 9.59 Å². The summed E-state index contributed by atoms with van der Waals surface area (Å²) in [6, 6.07) is 0. The first-order valence-electron chi connectivity index (χ1n) is 3.20. The summed E-state index contributed by atoms with van der Waals surface area (Å²) in [6.07, 6.45) is 4.13. The van der Waals surface area contributed by atoms with Crippen LogP contribution in [0.5, 0.6) is 0 Å². The van der Waals surface area contributed by atoms with Crippen molar-refractivity contribution in [2.24, 2.45) is 0 Å². The highest BCUT2D eigenvalue weighted by Gasteiger charge is 1.66. The summed E-state index contributed by atoms with van der Waals surface area (Å²) < 4.78 is 0.